The third kappa shape index (κ3) is 3.46. The predicted molar refractivity (Wildman–Crippen MR) is 78.9 cm³/mol. The molecule has 1 N–H and O–H groups in total. The number of pyridine rings is 1. The molecule has 0 saturated carbocycles. The zero-order valence-corrected chi connectivity index (χ0v) is 13.1. The molecule has 0 aliphatic heterocycles. The fourth-order valence-electron chi connectivity index (χ4n) is 1.46. The molecule has 4 nitrogen and oxygen atoms in total. The Morgan fingerprint density at radius 3 is 2.63 bits per heavy atom. The van der Waals surface area contributed by atoms with Crippen molar-refractivity contribution in [1.82, 2.24) is 4.98 Å². The van der Waals surface area contributed by atoms with Gasteiger partial charge in [-0.25, -0.2) is 13.4 Å². The lowest BCUT2D eigenvalue weighted by molar-refractivity contribution is 0.601. The van der Waals surface area contributed by atoms with Crippen LogP contribution in [0, 0.1) is 6.92 Å². The monoisotopic (exact) mass is 360 g/mol. The Labute approximate surface area is 125 Å². The maximum Gasteiger partial charge on any atom is 0.261 e. The Balaban J connectivity index is 2.35. The number of rotatable bonds is 3. The first-order valence-electron chi connectivity index (χ1n) is 5.29. The summed E-state index contributed by atoms with van der Waals surface area (Å²) in [4.78, 5) is 3.99. The highest BCUT2D eigenvalue weighted by Crippen LogP contribution is 2.22. The van der Waals surface area contributed by atoms with Crippen LogP contribution in [-0.4, -0.2) is 13.4 Å². The van der Waals surface area contributed by atoms with Gasteiger partial charge in [0.05, 0.1) is 10.6 Å². The van der Waals surface area contributed by atoms with Gasteiger partial charge in [-0.2, -0.15) is 0 Å². The number of aryl methyl sites for hydroxylation is 1. The number of anilines is 1. The summed E-state index contributed by atoms with van der Waals surface area (Å²) in [5, 5.41) is 0.229. The van der Waals surface area contributed by atoms with Crippen molar-refractivity contribution in [3.05, 3.63) is 51.7 Å². The van der Waals surface area contributed by atoms with E-state index in [1.807, 2.05) is 6.92 Å². The van der Waals surface area contributed by atoms with E-state index in [1.54, 1.807) is 12.1 Å². The number of aromatic nitrogens is 1. The Morgan fingerprint density at radius 2 is 2.00 bits per heavy atom. The second-order valence-corrected chi connectivity index (χ2v) is 6.81. The number of nitrogens with zero attached hydrogens (tertiary/aromatic N) is 1. The SMILES string of the molecule is Cc1cc(S(=O)(=O)Nc2ccnc(Cl)c2)ccc1Br. The van der Waals surface area contributed by atoms with E-state index >= 15 is 0 Å². The van der Waals surface area contributed by atoms with Crippen LogP contribution < -0.4 is 4.72 Å². The quantitative estimate of drug-likeness (QED) is 0.850. The number of hydrogen-bond donors (Lipinski definition) is 1. The van der Waals surface area contributed by atoms with E-state index in [0.29, 0.717) is 5.69 Å². The first-order valence-corrected chi connectivity index (χ1v) is 7.94. The van der Waals surface area contributed by atoms with Gasteiger partial charge in [-0.15, -0.1) is 0 Å². The van der Waals surface area contributed by atoms with Gasteiger partial charge in [0.1, 0.15) is 5.15 Å². The van der Waals surface area contributed by atoms with E-state index < -0.39 is 10.0 Å². The Morgan fingerprint density at radius 1 is 1.26 bits per heavy atom. The average molecular weight is 362 g/mol. The Bertz CT molecular complexity index is 719. The molecule has 1 aromatic heterocycles. The van der Waals surface area contributed by atoms with Crippen LogP contribution in [0.25, 0.3) is 0 Å². The summed E-state index contributed by atoms with van der Waals surface area (Å²) in [6.07, 6.45) is 1.44. The van der Waals surface area contributed by atoms with Crippen LogP contribution in [0.1, 0.15) is 5.56 Å². The van der Waals surface area contributed by atoms with Gasteiger partial charge in [-0.3, -0.25) is 4.72 Å². The molecule has 19 heavy (non-hydrogen) atoms. The Hall–Kier alpha value is -1.11. The Kier molecular flexibility index (Phi) is 4.13. The second kappa shape index (κ2) is 5.48. The molecule has 0 saturated heterocycles. The standard InChI is InChI=1S/C12H10BrClN2O2S/c1-8-6-10(2-3-11(8)13)19(17,18)16-9-4-5-15-12(14)7-9/h2-7H,1H3,(H,15,16). The first-order chi connectivity index (χ1) is 8.88. The highest BCUT2D eigenvalue weighted by atomic mass is 79.9. The van der Waals surface area contributed by atoms with Crippen molar-refractivity contribution in [2.75, 3.05) is 4.72 Å². The van der Waals surface area contributed by atoms with Gasteiger partial charge in [0.15, 0.2) is 0 Å². The van der Waals surface area contributed by atoms with Crippen molar-refractivity contribution < 1.29 is 8.42 Å². The van der Waals surface area contributed by atoms with Crippen LogP contribution in [0.3, 0.4) is 0 Å². The summed E-state index contributed by atoms with van der Waals surface area (Å²) >= 11 is 9.05. The number of nitrogens with one attached hydrogen (secondary N) is 1. The number of halogens is 2. The van der Waals surface area contributed by atoms with E-state index in [0.717, 1.165) is 10.0 Å². The fourth-order valence-corrected chi connectivity index (χ4v) is 3.02. The molecule has 0 amide bonds. The average Bonchev–Trinajstić information content (AvgIpc) is 2.32. The minimum atomic E-state index is -3.63. The molecule has 0 fully saturated rings. The lowest BCUT2D eigenvalue weighted by Crippen LogP contribution is -2.13. The molecule has 0 atom stereocenters. The van der Waals surface area contributed by atoms with Crippen LogP contribution in [0.15, 0.2) is 45.9 Å². The maximum absolute atomic E-state index is 12.2. The lowest BCUT2D eigenvalue weighted by Gasteiger charge is -2.09. The fraction of sp³-hybridized carbons (Fsp3) is 0.0833. The molecular formula is C12H10BrClN2O2S. The highest BCUT2D eigenvalue weighted by Gasteiger charge is 2.15. The van der Waals surface area contributed by atoms with Gasteiger partial charge < -0.3 is 0 Å². The molecule has 0 aliphatic rings. The first kappa shape index (κ1) is 14.3. The molecule has 0 bridgehead atoms. The van der Waals surface area contributed by atoms with Gasteiger partial charge in [0.25, 0.3) is 10.0 Å². The zero-order valence-electron chi connectivity index (χ0n) is 9.89. The lowest BCUT2D eigenvalue weighted by atomic mass is 10.2. The molecule has 7 heteroatoms. The smallest absolute Gasteiger partial charge is 0.261 e. The van der Waals surface area contributed by atoms with Gasteiger partial charge in [0.2, 0.25) is 0 Å². The van der Waals surface area contributed by atoms with Crippen LogP contribution >= 0.6 is 27.5 Å². The molecule has 2 rings (SSSR count). The molecule has 2 aromatic rings. The van der Waals surface area contributed by atoms with Gasteiger partial charge in [-0.05, 0) is 42.8 Å². The van der Waals surface area contributed by atoms with Crippen LogP contribution in [0.2, 0.25) is 5.15 Å². The van der Waals surface area contributed by atoms with E-state index in [2.05, 4.69) is 25.6 Å². The third-order valence-corrected chi connectivity index (χ3v) is 4.89. The van der Waals surface area contributed by atoms with Crippen molar-refractivity contribution in [1.29, 1.82) is 0 Å². The molecule has 0 aliphatic carbocycles. The van der Waals surface area contributed by atoms with Crippen LogP contribution in [-0.2, 0) is 10.0 Å². The molecule has 0 unspecified atom stereocenters. The molecule has 0 radical (unpaired) electrons. The number of hydrogen-bond acceptors (Lipinski definition) is 3. The second-order valence-electron chi connectivity index (χ2n) is 3.88. The van der Waals surface area contributed by atoms with E-state index in [9.17, 15) is 8.42 Å². The molecule has 100 valence electrons. The van der Waals surface area contributed by atoms with E-state index in [1.165, 1.54) is 24.4 Å². The number of benzene rings is 1. The van der Waals surface area contributed by atoms with Crippen molar-refractivity contribution in [2.24, 2.45) is 0 Å². The summed E-state index contributed by atoms with van der Waals surface area (Å²) in [5.41, 5.74) is 1.22. The third-order valence-electron chi connectivity index (χ3n) is 2.42. The minimum Gasteiger partial charge on any atom is -0.279 e. The summed E-state index contributed by atoms with van der Waals surface area (Å²) in [7, 11) is -3.63. The normalized spacial score (nSPS) is 11.3. The number of sulfonamides is 1. The summed E-state index contributed by atoms with van der Waals surface area (Å²) in [6, 6.07) is 7.81. The van der Waals surface area contributed by atoms with Gasteiger partial charge in [0, 0.05) is 10.7 Å². The maximum atomic E-state index is 12.2. The minimum absolute atomic E-state index is 0.195. The van der Waals surface area contributed by atoms with Crippen LogP contribution in [0.5, 0.6) is 0 Å². The summed E-state index contributed by atoms with van der Waals surface area (Å²) in [6.45, 7) is 1.83. The summed E-state index contributed by atoms with van der Waals surface area (Å²) < 4.78 is 27.7. The van der Waals surface area contributed by atoms with Crippen molar-refractivity contribution >= 4 is 43.2 Å². The van der Waals surface area contributed by atoms with E-state index in [4.69, 9.17) is 11.6 Å². The largest absolute Gasteiger partial charge is 0.279 e. The molecular weight excluding hydrogens is 352 g/mol. The molecule has 1 aromatic carbocycles. The van der Waals surface area contributed by atoms with Crippen molar-refractivity contribution in [3.63, 3.8) is 0 Å². The highest BCUT2D eigenvalue weighted by molar-refractivity contribution is 9.10. The zero-order chi connectivity index (χ0) is 14.0. The molecule has 1 heterocycles. The topological polar surface area (TPSA) is 59.1 Å². The van der Waals surface area contributed by atoms with Crippen LogP contribution in [0.4, 0.5) is 5.69 Å². The summed E-state index contributed by atoms with van der Waals surface area (Å²) in [5.74, 6) is 0. The van der Waals surface area contributed by atoms with Crippen molar-refractivity contribution in [3.8, 4) is 0 Å². The molecule has 0 spiro atoms. The van der Waals surface area contributed by atoms with Crippen molar-refractivity contribution in [2.45, 2.75) is 11.8 Å². The van der Waals surface area contributed by atoms with Gasteiger partial charge in [-0.1, -0.05) is 27.5 Å². The predicted octanol–water partition coefficient (Wildman–Crippen LogP) is 3.61. The van der Waals surface area contributed by atoms with E-state index in [-0.39, 0.29) is 10.0 Å². The van der Waals surface area contributed by atoms with Gasteiger partial charge >= 0.3 is 0 Å².